The van der Waals surface area contributed by atoms with E-state index < -0.39 is 0 Å². The molecule has 0 fully saturated rings. The van der Waals surface area contributed by atoms with Crippen LogP contribution in [0.1, 0.15) is 398 Å². The molecule has 0 bridgehead atoms. The average Bonchev–Trinajstić information content (AvgIpc) is 3.62. The third-order valence-corrected chi connectivity index (χ3v) is 18.0. The fourth-order valence-electron chi connectivity index (χ4n) is 12.3. The molecule has 0 aromatic heterocycles. The Morgan fingerprint density at radius 3 is 0.812 bits per heavy atom. The summed E-state index contributed by atoms with van der Waals surface area (Å²) in [5, 5.41) is 0. The van der Waals surface area contributed by atoms with Crippen molar-refractivity contribution < 1.29 is 16.5 Å². The van der Waals surface area contributed by atoms with Gasteiger partial charge in [0, 0.05) is 16.5 Å². The molecule has 0 unspecified atom stereocenters. The maximum atomic E-state index is 5.34. The number of para-hydroxylation sites is 2. The predicted molar refractivity (Wildman–Crippen MR) is 383 cm³/mol. The quantitative estimate of drug-likeness (QED) is 0.0273. The molecule has 3 heteroatoms. The minimum atomic E-state index is 0. The van der Waals surface area contributed by atoms with Gasteiger partial charge in [0.2, 0.25) is 0 Å². The third-order valence-electron chi connectivity index (χ3n) is 18.0. The van der Waals surface area contributed by atoms with Crippen LogP contribution in [0.2, 0.25) is 0 Å². The fraction of sp³-hybridized carbons (Fsp3) is 0.756. The van der Waals surface area contributed by atoms with Gasteiger partial charge < -0.3 is 0 Å². The predicted octanol–water partition coefficient (Wildman–Crippen LogP) is 29.2. The molecule has 0 aliphatic heterocycles. The molecule has 2 rings (SSSR count). The molecule has 0 saturated heterocycles. The second-order valence-electron chi connectivity index (χ2n) is 26.2. The average molecular weight is 1210 g/mol. The van der Waals surface area contributed by atoms with Gasteiger partial charge in [-0.05, 0) is 106 Å². The Balaban J connectivity index is 0.0000361. The Hall–Kier alpha value is -2.51. The van der Waals surface area contributed by atoms with Gasteiger partial charge in [0.1, 0.15) is 0 Å². The van der Waals surface area contributed by atoms with Gasteiger partial charge in [-0.15, -0.1) is 0 Å². The Labute approximate surface area is 542 Å². The largest absolute Gasteiger partial charge is 0.254 e. The number of unbranched alkanes of at least 4 members (excludes halogenated alkanes) is 52. The van der Waals surface area contributed by atoms with E-state index in [1.807, 2.05) is 6.21 Å². The minimum absolute atomic E-state index is 0. The molecule has 0 amide bonds. The van der Waals surface area contributed by atoms with Gasteiger partial charge in [0.25, 0.3) is 0 Å². The number of nitrogens with zero attached hydrogens (tertiary/aromatic N) is 2. The van der Waals surface area contributed by atoms with E-state index in [0.717, 1.165) is 62.0 Å². The molecular formula is C82H142N2Ni. The number of allylic oxidation sites excluding steroid dienone is 6. The fourth-order valence-corrected chi connectivity index (χ4v) is 12.3. The van der Waals surface area contributed by atoms with Crippen molar-refractivity contribution in [2.45, 2.75) is 400 Å². The first kappa shape index (κ1) is 80.5. The van der Waals surface area contributed by atoms with Crippen LogP contribution in [0, 0.1) is 0 Å². The molecule has 2 aromatic carbocycles. The molecule has 0 atom stereocenters. The summed E-state index contributed by atoms with van der Waals surface area (Å²) in [4.78, 5) is 10.5. The van der Waals surface area contributed by atoms with Crippen molar-refractivity contribution in [2.75, 3.05) is 0 Å². The van der Waals surface area contributed by atoms with Crippen molar-refractivity contribution in [1.82, 2.24) is 0 Å². The standard InChI is InChI=1S/C82H142N2.Ni/c1-4-7-10-13-16-19-22-25-28-31-34-37-38-41-44-47-50-53-56-59-62-65-74-80(84-82-76-69-67-73-79(82)71-64-61-58-55-52-49-46-43-40-36-33-30-27-24-21-18-15-12-9-6-3)77-83-81-75-68-66-72-78(81)70-63-60-57-54-51-48-45-42-39-35-32-29-26-23-20-17-14-11-8-5-2;/h54-55,57-58,65-69,72-77H,4-53,56,59-64,70-71H2,1-3H3;. The van der Waals surface area contributed by atoms with Gasteiger partial charge in [-0.25, -0.2) is 4.99 Å². The summed E-state index contributed by atoms with van der Waals surface area (Å²) in [6, 6.07) is 17.7. The Morgan fingerprint density at radius 1 is 0.271 bits per heavy atom. The van der Waals surface area contributed by atoms with Gasteiger partial charge in [-0.1, -0.05) is 389 Å². The van der Waals surface area contributed by atoms with E-state index in [1.54, 1.807) is 0 Å². The molecule has 2 nitrogen and oxygen atoms in total. The molecule has 0 N–H and O–H groups in total. The van der Waals surface area contributed by atoms with Crippen LogP contribution in [0.15, 0.2) is 95.0 Å². The van der Waals surface area contributed by atoms with E-state index in [2.05, 4.69) is 106 Å². The molecule has 490 valence electrons. The molecular weight excluding hydrogens is 1070 g/mol. The van der Waals surface area contributed by atoms with Crippen LogP contribution in [0.4, 0.5) is 11.4 Å². The number of aliphatic imine (C=N–C) groups is 2. The maximum Gasteiger partial charge on any atom is 0.0816 e. The monoisotopic (exact) mass is 1210 g/mol. The van der Waals surface area contributed by atoms with Crippen LogP contribution >= 0.6 is 0 Å². The van der Waals surface area contributed by atoms with E-state index in [0.29, 0.717) is 0 Å². The first-order chi connectivity index (χ1) is 41.8. The molecule has 0 saturated carbocycles. The SMILES string of the molecule is CCCCCCCCCCCCCCCCCC=CCCCc1ccccc1N=CC(C=CCCCCCCCCCCCCCCCCCCCCCC)=Nc1ccccc1CCCC=CCCCCCCCCCCCCCCCCC.[Ni]. The van der Waals surface area contributed by atoms with Gasteiger partial charge in [0.05, 0.1) is 23.3 Å². The maximum absolute atomic E-state index is 5.34. The molecule has 0 heterocycles. The third kappa shape index (κ3) is 55.3. The van der Waals surface area contributed by atoms with Crippen LogP contribution in [-0.4, -0.2) is 11.9 Å². The van der Waals surface area contributed by atoms with Crippen LogP contribution in [0.25, 0.3) is 0 Å². The summed E-state index contributed by atoms with van der Waals surface area (Å²) in [7, 11) is 0. The number of rotatable bonds is 65. The molecule has 0 spiro atoms. The van der Waals surface area contributed by atoms with E-state index >= 15 is 0 Å². The van der Waals surface area contributed by atoms with Gasteiger partial charge in [-0.3, -0.25) is 4.99 Å². The molecule has 0 radical (unpaired) electrons. The van der Waals surface area contributed by atoms with Crippen LogP contribution < -0.4 is 0 Å². The number of hydrogen-bond donors (Lipinski definition) is 0. The van der Waals surface area contributed by atoms with Gasteiger partial charge in [0.15, 0.2) is 0 Å². The zero-order valence-electron chi connectivity index (χ0n) is 57.1. The summed E-state index contributed by atoms with van der Waals surface area (Å²) in [5.41, 5.74) is 5.81. The second kappa shape index (κ2) is 67.4. The topological polar surface area (TPSA) is 24.7 Å². The Kier molecular flexibility index (Phi) is 63.9. The summed E-state index contributed by atoms with van der Waals surface area (Å²) >= 11 is 0. The number of aryl methyl sites for hydroxylation is 2. The van der Waals surface area contributed by atoms with Crippen molar-refractivity contribution in [3.05, 3.63) is 96.1 Å². The van der Waals surface area contributed by atoms with Gasteiger partial charge >= 0.3 is 0 Å². The van der Waals surface area contributed by atoms with E-state index in [-0.39, 0.29) is 16.5 Å². The second-order valence-corrected chi connectivity index (χ2v) is 26.2. The van der Waals surface area contributed by atoms with E-state index in [1.165, 1.54) is 345 Å². The molecule has 85 heavy (non-hydrogen) atoms. The normalized spacial score (nSPS) is 12.2. The zero-order valence-corrected chi connectivity index (χ0v) is 58.1. The zero-order chi connectivity index (χ0) is 59.6. The summed E-state index contributed by atoms with van der Waals surface area (Å²) in [6.07, 6.45) is 97.9. The van der Waals surface area contributed by atoms with Crippen LogP contribution in [0.3, 0.4) is 0 Å². The van der Waals surface area contributed by atoms with Crippen molar-refractivity contribution in [3.8, 4) is 0 Å². The molecule has 0 aliphatic carbocycles. The molecule has 0 aliphatic rings. The minimum Gasteiger partial charge on any atom is -0.254 e. The van der Waals surface area contributed by atoms with Crippen LogP contribution in [0.5, 0.6) is 0 Å². The smallest absolute Gasteiger partial charge is 0.0816 e. The number of hydrogen-bond acceptors (Lipinski definition) is 2. The first-order valence-electron chi connectivity index (χ1n) is 38.0. The Morgan fingerprint density at radius 2 is 0.506 bits per heavy atom. The molecule has 2 aromatic rings. The number of benzene rings is 2. The van der Waals surface area contributed by atoms with Crippen molar-refractivity contribution in [2.24, 2.45) is 9.98 Å². The van der Waals surface area contributed by atoms with Crippen molar-refractivity contribution >= 4 is 23.3 Å². The summed E-state index contributed by atoms with van der Waals surface area (Å²) in [6.45, 7) is 6.93. The Bertz CT molecular complexity index is 1800. The summed E-state index contributed by atoms with van der Waals surface area (Å²) in [5.74, 6) is 0. The van der Waals surface area contributed by atoms with Crippen LogP contribution in [-0.2, 0) is 29.3 Å². The van der Waals surface area contributed by atoms with Gasteiger partial charge in [-0.2, -0.15) is 0 Å². The van der Waals surface area contributed by atoms with E-state index in [9.17, 15) is 0 Å². The first-order valence-corrected chi connectivity index (χ1v) is 38.0. The van der Waals surface area contributed by atoms with Crippen molar-refractivity contribution in [1.29, 1.82) is 0 Å². The van der Waals surface area contributed by atoms with E-state index in [4.69, 9.17) is 9.98 Å². The summed E-state index contributed by atoms with van der Waals surface area (Å²) < 4.78 is 0. The van der Waals surface area contributed by atoms with Crippen molar-refractivity contribution in [3.63, 3.8) is 0 Å².